The van der Waals surface area contributed by atoms with Gasteiger partial charge in [0.05, 0.1) is 6.04 Å². The van der Waals surface area contributed by atoms with Crippen molar-refractivity contribution in [3.63, 3.8) is 0 Å². The first-order valence-electron chi connectivity index (χ1n) is 9.98. The quantitative estimate of drug-likeness (QED) is 0.764. The Morgan fingerprint density at radius 2 is 1.71 bits per heavy atom. The van der Waals surface area contributed by atoms with Crippen LogP contribution in [0.3, 0.4) is 0 Å². The molecule has 2 N–H and O–H groups in total. The molecule has 1 saturated heterocycles. The molecule has 1 fully saturated rings. The van der Waals surface area contributed by atoms with Gasteiger partial charge in [-0.3, -0.25) is 4.79 Å². The van der Waals surface area contributed by atoms with Crippen LogP contribution in [0.5, 0.6) is 0 Å². The summed E-state index contributed by atoms with van der Waals surface area (Å²) >= 11 is 0. The number of nitrogens with zero attached hydrogens (tertiary/aromatic N) is 1. The summed E-state index contributed by atoms with van der Waals surface area (Å²) in [5.74, 6) is 0.491. The first-order valence-corrected chi connectivity index (χ1v) is 9.98. The SMILES string of the molecule is CC(C)[C@@H](NC(=O)NCc1ccccc1CN1CCCC1=O)c1ccccc1. The Hall–Kier alpha value is -2.82. The fourth-order valence-electron chi connectivity index (χ4n) is 3.62. The lowest BCUT2D eigenvalue weighted by atomic mass is 9.96. The summed E-state index contributed by atoms with van der Waals surface area (Å²) in [6, 6.07) is 17.8. The summed E-state index contributed by atoms with van der Waals surface area (Å²) in [5.41, 5.74) is 3.22. The zero-order valence-electron chi connectivity index (χ0n) is 16.7. The highest BCUT2D eigenvalue weighted by Crippen LogP contribution is 2.21. The molecule has 2 aromatic carbocycles. The van der Waals surface area contributed by atoms with E-state index in [4.69, 9.17) is 0 Å². The van der Waals surface area contributed by atoms with E-state index in [-0.39, 0.29) is 23.9 Å². The fraction of sp³-hybridized carbons (Fsp3) is 0.391. The van der Waals surface area contributed by atoms with E-state index in [9.17, 15) is 9.59 Å². The molecule has 0 aliphatic carbocycles. The van der Waals surface area contributed by atoms with Gasteiger partial charge in [0.25, 0.3) is 0 Å². The molecule has 1 atom stereocenters. The Morgan fingerprint density at radius 3 is 2.36 bits per heavy atom. The Labute approximate surface area is 167 Å². The third-order valence-corrected chi connectivity index (χ3v) is 5.20. The lowest BCUT2D eigenvalue weighted by Crippen LogP contribution is -2.39. The average Bonchev–Trinajstić information content (AvgIpc) is 3.10. The highest BCUT2D eigenvalue weighted by atomic mass is 16.2. The molecule has 5 heteroatoms. The highest BCUT2D eigenvalue weighted by Gasteiger charge is 2.21. The van der Waals surface area contributed by atoms with E-state index in [1.165, 1.54) is 0 Å². The molecule has 148 valence electrons. The second kappa shape index (κ2) is 9.40. The van der Waals surface area contributed by atoms with Gasteiger partial charge in [-0.15, -0.1) is 0 Å². The number of hydrogen-bond acceptors (Lipinski definition) is 2. The number of rotatable bonds is 7. The normalized spacial score (nSPS) is 15.0. The maximum atomic E-state index is 12.5. The summed E-state index contributed by atoms with van der Waals surface area (Å²) in [7, 11) is 0. The number of carbonyl (C=O) groups excluding carboxylic acids is 2. The van der Waals surface area contributed by atoms with Gasteiger partial charge in [-0.25, -0.2) is 4.79 Å². The lowest BCUT2D eigenvalue weighted by molar-refractivity contribution is -0.128. The number of likely N-dealkylation sites (tertiary alicyclic amines) is 1. The average molecular weight is 380 g/mol. The van der Waals surface area contributed by atoms with Crippen LogP contribution in [-0.2, 0) is 17.9 Å². The third-order valence-electron chi connectivity index (χ3n) is 5.20. The minimum atomic E-state index is -0.186. The van der Waals surface area contributed by atoms with Gasteiger partial charge in [-0.2, -0.15) is 0 Å². The number of nitrogens with one attached hydrogen (secondary N) is 2. The summed E-state index contributed by atoms with van der Waals surface area (Å²) in [5, 5.41) is 6.07. The van der Waals surface area contributed by atoms with Gasteiger partial charge in [0, 0.05) is 26.1 Å². The molecule has 3 amide bonds. The van der Waals surface area contributed by atoms with Crippen LogP contribution in [0.2, 0.25) is 0 Å². The van der Waals surface area contributed by atoms with E-state index >= 15 is 0 Å². The third kappa shape index (κ3) is 5.12. The predicted octanol–water partition coefficient (Wildman–Crippen LogP) is 4.01. The van der Waals surface area contributed by atoms with Crippen molar-refractivity contribution in [2.24, 2.45) is 5.92 Å². The van der Waals surface area contributed by atoms with E-state index in [2.05, 4.69) is 24.5 Å². The van der Waals surface area contributed by atoms with Crippen LogP contribution in [0.25, 0.3) is 0 Å². The van der Waals surface area contributed by atoms with Crippen LogP contribution in [0, 0.1) is 5.92 Å². The van der Waals surface area contributed by atoms with Crippen LogP contribution in [-0.4, -0.2) is 23.4 Å². The van der Waals surface area contributed by atoms with Crippen molar-refractivity contribution in [3.05, 3.63) is 71.3 Å². The number of benzene rings is 2. The topological polar surface area (TPSA) is 61.4 Å². The molecule has 2 aromatic rings. The van der Waals surface area contributed by atoms with Crippen molar-refractivity contribution < 1.29 is 9.59 Å². The Bertz CT molecular complexity index is 805. The summed E-state index contributed by atoms with van der Waals surface area (Å²) in [6.45, 7) is 6.05. The predicted molar refractivity (Wildman–Crippen MR) is 110 cm³/mol. The van der Waals surface area contributed by atoms with Crippen molar-refractivity contribution in [1.29, 1.82) is 0 Å². The number of urea groups is 1. The van der Waals surface area contributed by atoms with Crippen molar-refractivity contribution in [2.45, 2.75) is 45.8 Å². The van der Waals surface area contributed by atoms with Gasteiger partial charge in [-0.05, 0) is 29.0 Å². The molecule has 0 aromatic heterocycles. The van der Waals surface area contributed by atoms with Gasteiger partial charge in [0.15, 0.2) is 0 Å². The Kier molecular flexibility index (Phi) is 6.69. The van der Waals surface area contributed by atoms with Crippen LogP contribution < -0.4 is 10.6 Å². The first kappa shape index (κ1) is 19.9. The van der Waals surface area contributed by atoms with Gasteiger partial charge in [-0.1, -0.05) is 68.4 Å². The fourth-order valence-corrected chi connectivity index (χ4v) is 3.62. The molecule has 0 unspecified atom stereocenters. The van der Waals surface area contributed by atoms with E-state index in [0.29, 0.717) is 19.5 Å². The highest BCUT2D eigenvalue weighted by molar-refractivity contribution is 5.78. The van der Waals surface area contributed by atoms with Crippen LogP contribution in [0.4, 0.5) is 4.79 Å². The van der Waals surface area contributed by atoms with Gasteiger partial charge >= 0.3 is 6.03 Å². The zero-order valence-corrected chi connectivity index (χ0v) is 16.7. The summed E-state index contributed by atoms with van der Waals surface area (Å²) in [4.78, 5) is 26.3. The minimum Gasteiger partial charge on any atom is -0.338 e. The monoisotopic (exact) mass is 379 g/mol. The number of amides is 3. The maximum absolute atomic E-state index is 12.5. The zero-order chi connectivity index (χ0) is 19.9. The molecule has 0 spiro atoms. The molecule has 0 bridgehead atoms. The van der Waals surface area contributed by atoms with Crippen molar-refractivity contribution >= 4 is 11.9 Å². The van der Waals surface area contributed by atoms with Gasteiger partial charge in [0.1, 0.15) is 0 Å². The minimum absolute atomic E-state index is 0.0429. The second-order valence-corrected chi connectivity index (χ2v) is 7.65. The molecule has 1 aliphatic rings. The van der Waals surface area contributed by atoms with E-state index < -0.39 is 0 Å². The summed E-state index contributed by atoms with van der Waals surface area (Å²) in [6.07, 6.45) is 1.57. The van der Waals surface area contributed by atoms with Crippen LogP contribution >= 0.6 is 0 Å². The van der Waals surface area contributed by atoms with E-state index in [1.54, 1.807) is 0 Å². The standard InChI is InChI=1S/C23H29N3O2/c1-17(2)22(18-9-4-3-5-10-18)25-23(28)24-15-19-11-6-7-12-20(19)16-26-14-8-13-21(26)27/h3-7,9-12,17,22H,8,13-16H2,1-2H3,(H2,24,25,28)/t22-/m1/s1. The molecular weight excluding hydrogens is 350 g/mol. The van der Waals surface area contributed by atoms with Crippen molar-refractivity contribution in [1.82, 2.24) is 15.5 Å². The first-order chi connectivity index (χ1) is 13.5. The van der Waals surface area contributed by atoms with Gasteiger partial charge in [0.2, 0.25) is 5.91 Å². The molecular formula is C23H29N3O2. The molecule has 28 heavy (non-hydrogen) atoms. The summed E-state index contributed by atoms with van der Waals surface area (Å²) < 4.78 is 0. The lowest BCUT2D eigenvalue weighted by Gasteiger charge is -2.23. The molecule has 0 radical (unpaired) electrons. The number of carbonyl (C=O) groups is 2. The van der Waals surface area contributed by atoms with Crippen LogP contribution in [0.1, 0.15) is 49.4 Å². The largest absolute Gasteiger partial charge is 0.338 e. The smallest absolute Gasteiger partial charge is 0.315 e. The van der Waals surface area contributed by atoms with Crippen LogP contribution in [0.15, 0.2) is 54.6 Å². The Balaban J connectivity index is 1.60. The van der Waals surface area contributed by atoms with Crippen molar-refractivity contribution in [2.75, 3.05) is 6.54 Å². The van der Waals surface area contributed by atoms with E-state index in [0.717, 1.165) is 29.7 Å². The number of hydrogen-bond donors (Lipinski definition) is 2. The molecule has 5 nitrogen and oxygen atoms in total. The molecule has 1 heterocycles. The molecule has 0 saturated carbocycles. The molecule has 3 rings (SSSR count). The van der Waals surface area contributed by atoms with Gasteiger partial charge < -0.3 is 15.5 Å². The second-order valence-electron chi connectivity index (χ2n) is 7.65. The van der Waals surface area contributed by atoms with Crippen molar-refractivity contribution in [3.8, 4) is 0 Å². The Morgan fingerprint density at radius 1 is 1.04 bits per heavy atom. The van der Waals surface area contributed by atoms with E-state index in [1.807, 2.05) is 59.5 Å². The maximum Gasteiger partial charge on any atom is 0.315 e. The molecule has 1 aliphatic heterocycles.